The van der Waals surface area contributed by atoms with Crippen LogP contribution in [0.1, 0.15) is 16.6 Å². The van der Waals surface area contributed by atoms with E-state index in [4.69, 9.17) is 9.47 Å². The first-order chi connectivity index (χ1) is 9.54. The SMILES string of the molecule is C=CCOC(C)C(=O)OCC(=O)NC(=O)c1cccs1. The summed E-state index contributed by atoms with van der Waals surface area (Å²) in [5, 5.41) is 3.84. The number of thiophene rings is 1. The van der Waals surface area contributed by atoms with E-state index in [1.54, 1.807) is 17.5 Å². The molecule has 108 valence electrons. The van der Waals surface area contributed by atoms with E-state index >= 15 is 0 Å². The lowest BCUT2D eigenvalue weighted by Crippen LogP contribution is -2.35. The Kier molecular flexibility index (Phi) is 6.61. The highest BCUT2D eigenvalue weighted by atomic mass is 32.1. The number of hydrogen-bond donors (Lipinski definition) is 1. The molecule has 1 rings (SSSR count). The van der Waals surface area contributed by atoms with E-state index in [9.17, 15) is 14.4 Å². The molecule has 0 aliphatic rings. The fraction of sp³-hybridized carbons (Fsp3) is 0.308. The minimum Gasteiger partial charge on any atom is -0.454 e. The number of ether oxygens (including phenoxy) is 2. The van der Waals surface area contributed by atoms with Gasteiger partial charge in [-0.1, -0.05) is 12.1 Å². The van der Waals surface area contributed by atoms with E-state index in [2.05, 4.69) is 11.9 Å². The zero-order valence-corrected chi connectivity index (χ0v) is 11.8. The van der Waals surface area contributed by atoms with Gasteiger partial charge in [0.25, 0.3) is 11.8 Å². The molecule has 1 atom stereocenters. The Bertz CT molecular complexity index is 483. The predicted molar refractivity (Wildman–Crippen MR) is 73.4 cm³/mol. The van der Waals surface area contributed by atoms with E-state index < -0.39 is 30.5 Å². The molecule has 1 unspecified atom stereocenters. The summed E-state index contributed by atoms with van der Waals surface area (Å²) in [6.45, 7) is 4.62. The number of carbonyl (C=O) groups is 3. The molecule has 1 aromatic heterocycles. The minimum atomic E-state index is -0.797. The number of rotatable bonds is 7. The number of esters is 1. The topological polar surface area (TPSA) is 81.7 Å². The molecule has 0 saturated heterocycles. The number of amides is 2. The molecule has 0 aliphatic heterocycles. The van der Waals surface area contributed by atoms with Crippen LogP contribution >= 0.6 is 11.3 Å². The molecule has 7 heteroatoms. The molecule has 1 aromatic rings. The molecule has 0 saturated carbocycles. The van der Waals surface area contributed by atoms with Crippen LogP contribution in [0.25, 0.3) is 0 Å². The van der Waals surface area contributed by atoms with Gasteiger partial charge in [-0.05, 0) is 18.4 Å². The summed E-state index contributed by atoms with van der Waals surface area (Å²) in [4.78, 5) is 34.8. The van der Waals surface area contributed by atoms with Crippen LogP contribution < -0.4 is 5.32 Å². The molecular formula is C13H15NO5S. The lowest BCUT2D eigenvalue weighted by molar-refractivity contribution is -0.158. The normalized spacial score (nSPS) is 11.4. The summed E-state index contributed by atoms with van der Waals surface area (Å²) < 4.78 is 9.76. The fourth-order valence-corrected chi connectivity index (χ4v) is 1.79. The van der Waals surface area contributed by atoms with Gasteiger partial charge in [-0.3, -0.25) is 14.9 Å². The first-order valence-corrected chi connectivity index (χ1v) is 6.69. The van der Waals surface area contributed by atoms with Crippen molar-refractivity contribution in [1.29, 1.82) is 0 Å². The lowest BCUT2D eigenvalue weighted by atomic mass is 10.4. The number of hydrogen-bond acceptors (Lipinski definition) is 6. The largest absolute Gasteiger partial charge is 0.454 e. The number of carbonyl (C=O) groups excluding carboxylic acids is 3. The second-order valence-corrected chi connectivity index (χ2v) is 4.67. The summed E-state index contributed by atoms with van der Waals surface area (Å²) in [5.74, 6) is -1.88. The molecule has 0 spiro atoms. The molecule has 0 radical (unpaired) electrons. The highest BCUT2D eigenvalue weighted by Gasteiger charge is 2.17. The van der Waals surface area contributed by atoms with Crippen molar-refractivity contribution in [2.24, 2.45) is 0 Å². The van der Waals surface area contributed by atoms with Gasteiger partial charge in [-0.25, -0.2) is 4.79 Å². The van der Waals surface area contributed by atoms with E-state index in [0.717, 1.165) is 0 Å². The Balaban J connectivity index is 2.31. The quantitative estimate of drug-likeness (QED) is 0.603. The van der Waals surface area contributed by atoms with Crippen LogP contribution in [0.4, 0.5) is 0 Å². The molecule has 6 nitrogen and oxygen atoms in total. The molecule has 0 aromatic carbocycles. The number of nitrogens with one attached hydrogen (secondary N) is 1. The van der Waals surface area contributed by atoms with Gasteiger partial charge in [-0.15, -0.1) is 17.9 Å². The Labute approximate surface area is 120 Å². The highest BCUT2D eigenvalue weighted by molar-refractivity contribution is 7.12. The second-order valence-electron chi connectivity index (χ2n) is 3.73. The van der Waals surface area contributed by atoms with Gasteiger partial charge in [0.15, 0.2) is 12.7 Å². The Morgan fingerprint density at radius 1 is 1.50 bits per heavy atom. The monoisotopic (exact) mass is 297 g/mol. The fourth-order valence-electron chi connectivity index (χ4n) is 1.17. The van der Waals surface area contributed by atoms with Crippen LogP contribution in [0.15, 0.2) is 30.2 Å². The average molecular weight is 297 g/mol. The maximum Gasteiger partial charge on any atom is 0.335 e. The molecule has 1 heterocycles. The summed E-state index contributed by atoms with van der Waals surface area (Å²) in [6.07, 6.45) is 0.699. The van der Waals surface area contributed by atoms with Crippen LogP contribution in [0.2, 0.25) is 0 Å². The summed E-state index contributed by atoms with van der Waals surface area (Å²) >= 11 is 1.21. The first kappa shape index (κ1) is 16.1. The zero-order valence-electron chi connectivity index (χ0n) is 11.0. The molecular weight excluding hydrogens is 282 g/mol. The molecule has 20 heavy (non-hydrogen) atoms. The van der Waals surface area contributed by atoms with Crippen molar-refractivity contribution in [2.75, 3.05) is 13.2 Å². The smallest absolute Gasteiger partial charge is 0.335 e. The van der Waals surface area contributed by atoms with E-state index in [0.29, 0.717) is 4.88 Å². The molecule has 0 fully saturated rings. The van der Waals surface area contributed by atoms with Crippen molar-refractivity contribution in [3.05, 3.63) is 35.0 Å². The van der Waals surface area contributed by atoms with E-state index in [1.165, 1.54) is 24.3 Å². The highest BCUT2D eigenvalue weighted by Crippen LogP contribution is 2.07. The van der Waals surface area contributed by atoms with Crippen molar-refractivity contribution in [3.8, 4) is 0 Å². The van der Waals surface area contributed by atoms with Crippen LogP contribution in [0, 0.1) is 0 Å². The van der Waals surface area contributed by atoms with E-state index in [1.807, 2.05) is 0 Å². The third-order valence-corrected chi connectivity index (χ3v) is 3.01. The predicted octanol–water partition coefficient (Wildman–Crippen LogP) is 1.14. The van der Waals surface area contributed by atoms with Gasteiger partial charge >= 0.3 is 5.97 Å². The third kappa shape index (κ3) is 5.33. The van der Waals surface area contributed by atoms with Gasteiger partial charge < -0.3 is 9.47 Å². The number of imide groups is 1. The Hall–Kier alpha value is -1.99. The lowest BCUT2D eigenvalue weighted by Gasteiger charge is -2.10. The van der Waals surface area contributed by atoms with Gasteiger partial charge in [0.2, 0.25) is 0 Å². The maximum absolute atomic E-state index is 11.5. The Morgan fingerprint density at radius 2 is 2.25 bits per heavy atom. The van der Waals surface area contributed by atoms with Crippen molar-refractivity contribution < 1.29 is 23.9 Å². The average Bonchev–Trinajstić information content (AvgIpc) is 2.96. The molecule has 0 aliphatic carbocycles. The van der Waals surface area contributed by atoms with Gasteiger partial charge in [0.1, 0.15) is 0 Å². The summed E-state index contributed by atoms with van der Waals surface area (Å²) in [5.41, 5.74) is 0. The third-order valence-electron chi connectivity index (χ3n) is 2.14. The Morgan fingerprint density at radius 3 is 2.85 bits per heavy atom. The van der Waals surface area contributed by atoms with Crippen LogP contribution in [0.5, 0.6) is 0 Å². The molecule has 0 bridgehead atoms. The second kappa shape index (κ2) is 8.23. The van der Waals surface area contributed by atoms with Gasteiger partial charge in [0, 0.05) is 0 Å². The summed E-state index contributed by atoms with van der Waals surface area (Å²) in [6, 6.07) is 3.28. The van der Waals surface area contributed by atoms with Crippen LogP contribution in [-0.2, 0) is 19.1 Å². The van der Waals surface area contributed by atoms with Crippen molar-refractivity contribution in [1.82, 2.24) is 5.32 Å². The van der Waals surface area contributed by atoms with Crippen LogP contribution in [0.3, 0.4) is 0 Å². The van der Waals surface area contributed by atoms with Crippen molar-refractivity contribution in [2.45, 2.75) is 13.0 Å². The van der Waals surface area contributed by atoms with Crippen molar-refractivity contribution in [3.63, 3.8) is 0 Å². The van der Waals surface area contributed by atoms with Gasteiger partial charge in [-0.2, -0.15) is 0 Å². The van der Waals surface area contributed by atoms with Gasteiger partial charge in [0.05, 0.1) is 11.5 Å². The van der Waals surface area contributed by atoms with Crippen molar-refractivity contribution >= 4 is 29.1 Å². The summed E-state index contributed by atoms with van der Waals surface area (Å²) in [7, 11) is 0. The minimum absolute atomic E-state index is 0.208. The first-order valence-electron chi connectivity index (χ1n) is 5.81. The maximum atomic E-state index is 11.5. The standard InChI is InChI=1S/C13H15NO5S/c1-3-6-18-9(2)13(17)19-8-11(15)14-12(16)10-5-4-7-20-10/h3-5,7,9H,1,6,8H2,2H3,(H,14,15,16). The van der Waals surface area contributed by atoms with E-state index in [-0.39, 0.29) is 6.61 Å². The zero-order chi connectivity index (χ0) is 15.0. The molecule has 1 N–H and O–H groups in total. The molecule has 2 amide bonds. The van der Waals surface area contributed by atoms with Crippen LogP contribution in [-0.4, -0.2) is 37.1 Å².